The molecule has 2 amide bonds. The smallest absolute Gasteiger partial charge is 0.253 e. The second-order valence-corrected chi connectivity index (χ2v) is 17.2. The zero-order valence-corrected chi connectivity index (χ0v) is 24.1. The predicted octanol–water partition coefficient (Wildman–Crippen LogP) is 3.97. The molecule has 0 bridgehead atoms. The number of nitrogens with one attached hydrogen (secondary N) is 2. The number of hydrogen-bond acceptors (Lipinski definition) is 7. The molecule has 8 nitrogen and oxygen atoms in total. The lowest BCUT2D eigenvalue weighted by Gasteiger charge is -2.44. The van der Waals surface area contributed by atoms with Gasteiger partial charge in [-0.05, 0) is 38.4 Å². The molecule has 1 heterocycles. The summed E-state index contributed by atoms with van der Waals surface area (Å²) < 4.78 is 17.5. The summed E-state index contributed by atoms with van der Waals surface area (Å²) in [4.78, 5) is 36.5. The van der Waals surface area contributed by atoms with E-state index >= 15 is 0 Å². The van der Waals surface area contributed by atoms with Crippen LogP contribution in [0.2, 0.25) is 18.1 Å². The molecule has 0 spiro atoms. The van der Waals surface area contributed by atoms with Gasteiger partial charge in [0, 0.05) is 43.0 Å². The van der Waals surface area contributed by atoms with E-state index in [0.717, 1.165) is 0 Å². The first-order chi connectivity index (χ1) is 15.5. The Morgan fingerprint density at radius 1 is 1.18 bits per heavy atom. The van der Waals surface area contributed by atoms with Crippen LogP contribution in [0, 0.1) is 5.41 Å². The van der Waals surface area contributed by atoms with E-state index in [0.29, 0.717) is 38.4 Å². The minimum atomic E-state index is -1.77. The molecule has 2 N–H and O–H groups in total. The Bertz CT molecular complexity index is 746. The summed E-state index contributed by atoms with van der Waals surface area (Å²) in [5.41, 5.74) is -0.490. The molecule has 10 heteroatoms. The fraction of sp³-hybridized carbons (Fsp3) is 0.792. The molecule has 1 saturated heterocycles. The van der Waals surface area contributed by atoms with Crippen LogP contribution in [-0.2, 0) is 28.3 Å². The predicted molar refractivity (Wildman–Crippen MR) is 139 cm³/mol. The van der Waals surface area contributed by atoms with Crippen molar-refractivity contribution in [2.45, 2.75) is 91.3 Å². The van der Waals surface area contributed by atoms with E-state index in [9.17, 15) is 14.4 Å². The molecule has 196 valence electrons. The average molecular weight is 517 g/mol. The maximum absolute atomic E-state index is 12.5. The minimum absolute atomic E-state index is 0.0953. The van der Waals surface area contributed by atoms with E-state index in [1.54, 1.807) is 13.8 Å². The first-order valence-corrected chi connectivity index (χ1v) is 15.7. The average Bonchev–Trinajstić information content (AvgIpc) is 2.69. The molecule has 0 radical (unpaired) electrons. The lowest BCUT2D eigenvalue weighted by atomic mass is 9.85. The van der Waals surface area contributed by atoms with Crippen LogP contribution in [0.4, 0.5) is 0 Å². The zero-order chi connectivity index (χ0) is 26.2. The van der Waals surface area contributed by atoms with Crippen molar-refractivity contribution in [2.24, 2.45) is 5.41 Å². The van der Waals surface area contributed by atoms with Crippen LogP contribution in [-0.4, -0.2) is 62.6 Å². The molecule has 0 unspecified atom stereocenters. The van der Waals surface area contributed by atoms with Gasteiger partial charge in [0.15, 0.2) is 19.2 Å². The largest absolute Gasteiger partial charge is 0.417 e. The lowest BCUT2D eigenvalue weighted by Crippen LogP contribution is -2.55. The van der Waals surface area contributed by atoms with E-state index in [-0.39, 0.29) is 22.0 Å². The quantitative estimate of drug-likeness (QED) is 0.243. The zero-order valence-electron chi connectivity index (χ0n) is 22.3. The Morgan fingerprint density at radius 3 is 2.44 bits per heavy atom. The normalized spacial score (nSPS) is 20.2. The molecule has 0 aliphatic carbocycles. The van der Waals surface area contributed by atoms with Gasteiger partial charge in [-0.1, -0.05) is 46.4 Å². The van der Waals surface area contributed by atoms with Gasteiger partial charge in [-0.3, -0.25) is 14.4 Å². The second kappa shape index (κ2) is 12.7. The SMILES string of the molecule is CC1(C)OCC(C)(C)[C@H](C(=O)NC=CC(=O)NCCSC(=O)CCCO[Si](C)(C)C(C)(C)C)O1. The number of rotatable bonds is 11. The van der Waals surface area contributed by atoms with Gasteiger partial charge in [-0.2, -0.15) is 0 Å². The molecule has 34 heavy (non-hydrogen) atoms. The van der Waals surface area contributed by atoms with Gasteiger partial charge in [0.1, 0.15) is 6.10 Å². The monoisotopic (exact) mass is 516 g/mol. The number of ether oxygens (including phenoxy) is 2. The van der Waals surface area contributed by atoms with Crippen LogP contribution < -0.4 is 10.6 Å². The topological polar surface area (TPSA) is 103 Å². The van der Waals surface area contributed by atoms with Crippen LogP contribution >= 0.6 is 11.8 Å². The van der Waals surface area contributed by atoms with Crippen molar-refractivity contribution >= 4 is 37.0 Å². The summed E-state index contributed by atoms with van der Waals surface area (Å²) in [7, 11) is -1.77. The molecule has 0 aromatic rings. The number of carbonyl (C=O) groups excluding carboxylic acids is 3. The van der Waals surface area contributed by atoms with Gasteiger partial charge in [-0.25, -0.2) is 0 Å². The first kappa shape index (κ1) is 30.8. The number of hydrogen-bond donors (Lipinski definition) is 2. The van der Waals surface area contributed by atoms with Crippen LogP contribution in [0.5, 0.6) is 0 Å². The second-order valence-electron chi connectivity index (χ2n) is 11.2. The molecule has 1 aliphatic heterocycles. The van der Waals surface area contributed by atoms with Gasteiger partial charge in [0.05, 0.1) is 6.61 Å². The highest BCUT2D eigenvalue weighted by Crippen LogP contribution is 2.37. The number of carbonyl (C=O) groups is 3. The van der Waals surface area contributed by atoms with E-state index in [2.05, 4.69) is 44.5 Å². The van der Waals surface area contributed by atoms with Gasteiger partial charge in [0.25, 0.3) is 5.91 Å². The lowest BCUT2D eigenvalue weighted by molar-refractivity contribution is -0.303. The van der Waals surface area contributed by atoms with Crippen LogP contribution in [0.3, 0.4) is 0 Å². The maximum Gasteiger partial charge on any atom is 0.253 e. The first-order valence-electron chi connectivity index (χ1n) is 11.8. The van der Waals surface area contributed by atoms with E-state index in [4.69, 9.17) is 13.9 Å². The Kier molecular flexibility index (Phi) is 11.5. The van der Waals surface area contributed by atoms with Crippen molar-refractivity contribution < 1.29 is 28.3 Å². The highest BCUT2D eigenvalue weighted by Gasteiger charge is 2.45. The Morgan fingerprint density at radius 2 is 1.82 bits per heavy atom. The minimum Gasteiger partial charge on any atom is -0.417 e. The summed E-state index contributed by atoms with van der Waals surface area (Å²) in [6.45, 7) is 19.6. The van der Waals surface area contributed by atoms with Gasteiger partial charge in [0.2, 0.25) is 5.91 Å². The van der Waals surface area contributed by atoms with Crippen LogP contribution in [0.15, 0.2) is 12.3 Å². The fourth-order valence-corrected chi connectivity index (χ4v) is 4.64. The van der Waals surface area contributed by atoms with Crippen LogP contribution in [0.1, 0.15) is 61.3 Å². The standard InChI is InChI=1S/C24H44N2O6SSi/c1-22(2,3)34(8,9)31-15-10-11-19(28)33-16-14-25-18(27)12-13-26-21(29)20-23(4,5)17-30-24(6,7)32-20/h12-13,20H,10-11,14-17H2,1-9H3,(H,25,27)(H,26,29)/t20-/m0/s1. The summed E-state index contributed by atoms with van der Waals surface area (Å²) in [5, 5.41) is 5.56. The Balaban J connectivity index is 2.23. The Labute approximate surface area is 210 Å². The molecule has 1 aliphatic rings. The summed E-state index contributed by atoms with van der Waals surface area (Å²) >= 11 is 1.21. The van der Waals surface area contributed by atoms with Crippen molar-refractivity contribution in [3.8, 4) is 0 Å². The van der Waals surface area contributed by atoms with Gasteiger partial charge >= 0.3 is 0 Å². The molecule has 0 saturated carbocycles. The highest BCUT2D eigenvalue weighted by atomic mass is 32.2. The third kappa shape index (κ3) is 10.6. The summed E-state index contributed by atoms with van der Waals surface area (Å²) in [6, 6.07) is 0. The van der Waals surface area contributed by atoms with E-state index in [1.165, 1.54) is 24.0 Å². The van der Waals surface area contributed by atoms with E-state index < -0.39 is 25.6 Å². The molecule has 1 atom stereocenters. The summed E-state index contributed by atoms with van der Waals surface area (Å²) in [5.74, 6) is -1.02. The third-order valence-corrected chi connectivity index (χ3v) is 11.5. The van der Waals surface area contributed by atoms with Gasteiger partial charge < -0.3 is 24.5 Å². The molecular weight excluding hydrogens is 472 g/mol. The van der Waals surface area contributed by atoms with Crippen molar-refractivity contribution in [2.75, 3.05) is 25.5 Å². The van der Waals surface area contributed by atoms with Crippen molar-refractivity contribution in [3.63, 3.8) is 0 Å². The van der Waals surface area contributed by atoms with E-state index in [1.807, 2.05) is 13.8 Å². The fourth-order valence-electron chi connectivity index (χ4n) is 2.83. The molecule has 0 aromatic heterocycles. The Hall–Kier alpha value is -1.20. The van der Waals surface area contributed by atoms with Crippen LogP contribution in [0.25, 0.3) is 0 Å². The van der Waals surface area contributed by atoms with Crippen molar-refractivity contribution in [1.82, 2.24) is 10.6 Å². The maximum atomic E-state index is 12.5. The molecule has 1 fully saturated rings. The third-order valence-electron chi connectivity index (χ3n) is 6.06. The molecule has 1 rings (SSSR count). The summed E-state index contributed by atoms with van der Waals surface area (Å²) in [6.07, 6.45) is 3.03. The van der Waals surface area contributed by atoms with Crippen molar-refractivity contribution in [1.29, 1.82) is 0 Å². The molecular formula is C24H44N2O6SSi. The van der Waals surface area contributed by atoms with Crippen molar-refractivity contribution in [3.05, 3.63) is 12.3 Å². The number of thioether (sulfide) groups is 1. The highest BCUT2D eigenvalue weighted by molar-refractivity contribution is 8.13. The molecule has 0 aromatic carbocycles. The van der Waals surface area contributed by atoms with Gasteiger partial charge in [-0.15, -0.1) is 0 Å². The number of amides is 2.